The molecule has 1 heteroatoms. The lowest BCUT2D eigenvalue weighted by molar-refractivity contribution is 0.104. The molecule has 1 fully saturated rings. The Hall–Kier alpha value is -2.15. The third-order valence-electron chi connectivity index (χ3n) is 4.79. The number of ketones is 1. The zero-order valence-electron chi connectivity index (χ0n) is 13.3. The molecule has 0 amide bonds. The van der Waals surface area contributed by atoms with Gasteiger partial charge in [0.2, 0.25) is 0 Å². The lowest BCUT2D eigenvalue weighted by Gasteiger charge is -2.18. The van der Waals surface area contributed by atoms with Crippen LogP contribution in [0.5, 0.6) is 0 Å². The lowest BCUT2D eigenvalue weighted by Crippen LogP contribution is -2.09. The standard InChI is InChI=1S/C21H22O/c1-4-20(22)17-7-11-19(12-8-17)21(13-14-21)18-9-5-16(6-10-18)15(2)3/h4-12,15H,1,13-14H2,2-3H3. The second-order valence-electron chi connectivity index (χ2n) is 6.50. The van der Waals surface area contributed by atoms with Crippen molar-refractivity contribution in [2.24, 2.45) is 0 Å². The molecule has 22 heavy (non-hydrogen) atoms. The van der Waals surface area contributed by atoms with Gasteiger partial charge in [0.25, 0.3) is 0 Å². The molecule has 2 aromatic carbocycles. The molecule has 0 radical (unpaired) electrons. The van der Waals surface area contributed by atoms with Crippen molar-refractivity contribution in [2.75, 3.05) is 0 Å². The highest BCUT2D eigenvalue weighted by Crippen LogP contribution is 2.53. The average molecular weight is 290 g/mol. The summed E-state index contributed by atoms with van der Waals surface area (Å²) in [7, 11) is 0. The van der Waals surface area contributed by atoms with Crippen LogP contribution in [0.1, 0.15) is 59.7 Å². The highest BCUT2D eigenvalue weighted by atomic mass is 16.1. The van der Waals surface area contributed by atoms with Crippen molar-refractivity contribution >= 4 is 5.78 Å². The van der Waals surface area contributed by atoms with Crippen LogP contribution >= 0.6 is 0 Å². The molecule has 2 aromatic rings. The van der Waals surface area contributed by atoms with Crippen LogP contribution in [-0.2, 0) is 5.41 Å². The molecule has 1 saturated carbocycles. The molecule has 0 bridgehead atoms. The first-order valence-corrected chi connectivity index (χ1v) is 7.94. The van der Waals surface area contributed by atoms with Crippen molar-refractivity contribution in [1.82, 2.24) is 0 Å². The molecule has 0 saturated heterocycles. The first-order chi connectivity index (χ1) is 10.6. The number of carbonyl (C=O) groups is 1. The van der Waals surface area contributed by atoms with Gasteiger partial charge in [0.1, 0.15) is 0 Å². The normalized spacial score (nSPS) is 15.6. The van der Waals surface area contributed by atoms with E-state index in [1.54, 1.807) is 0 Å². The molecule has 0 atom stereocenters. The van der Waals surface area contributed by atoms with E-state index in [0.29, 0.717) is 11.5 Å². The van der Waals surface area contributed by atoms with Crippen molar-refractivity contribution in [3.05, 3.63) is 83.4 Å². The SMILES string of the molecule is C=CC(=O)c1ccc(C2(c3ccc(C(C)C)cc3)CC2)cc1. The van der Waals surface area contributed by atoms with Crippen LogP contribution < -0.4 is 0 Å². The number of rotatable bonds is 5. The third kappa shape index (κ3) is 2.52. The van der Waals surface area contributed by atoms with Gasteiger partial charge in [0, 0.05) is 11.0 Å². The van der Waals surface area contributed by atoms with Crippen molar-refractivity contribution in [1.29, 1.82) is 0 Å². The molecular formula is C21H22O. The summed E-state index contributed by atoms with van der Waals surface area (Å²) in [5.74, 6) is 0.547. The molecule has 3 rings (SSSR count). The quantitative estimate of drug-likeness (QED) is 0.542. The minimum atomic E-state index is -0.0160. The van der Waals surface area contributed by atoms with Crippen LogP contribution in [0, 0.1) is 0 Å². The van der Waals surface area contributed by atoms with Crippen molar-refractivity contribution in [3.8, 4) is 0 Å². The van der Waals surface area contributed by atoms with Gasteiger partial charge in [-0.2, -0.15) is 0 Å². The van der Waals surface area contributed by atoms with Crippen LogP contribution in [0.25, 0.3) is 0 Å². The summed E-state index contributed by atoms with van der Waals surface area (Å²) in [6.07, 6.45) is 3.73. The second kappa shape index (κ2) is 5.57. The summed E-state index contributed by atoms with van der Waals surface area (Å²) >= 11 is 0. The molecule has 0 aromatic heterocycles. The van der Waals surface area contributed by atoms with E-state index in [1.807, 2.05) is 12.1 Å². The van der Waals surface area contributed by atoms with Crippen LogP contribution in [-0.4, -0.2) is 5.78 Å². The maximum absolute atomic E-state index is 11.6. The topological polar surface area (TPSA) is 17.1 Å². The van der Waals surface area contributed by atoms with E-state index in [2.05, 4.69) is 56.8 Å². The highest BCUT2D eigenvalue weighted by molar-refractivity contribution is 6.04. The van der Waals surface area contributed by atoms with Crippen molar-refractivity contribution in [3.63, 3.8) is 0 Å². The summed E-state index contributed by atoms with van der Waals surface area (Å²) in [6.45, 7) is 7.98. The van der Waals surface area contributed by atoms with Crippen LogP contribution in [0.4, 0.5) is 0 Å². The minimum Gasteiger partial charge on any atom is -0.289 e. The predicted octanol–water partition coefficient (Wildman–Crippen LogP) is 5.26. The highest BCUT2D eigenvalue weighted by Gasteiger charge is 2.45. The van der Waals surface area contributed by atoms with E-state index in [4.69, 9.17) is 0 Å². The molecule has 0 unspecified atom stereocenters. The van der Waals surface area contributed by atoms with Gasteiger partial charge in [-0.1, -0.05) is 69.0 Å². The molecule has 1 aliphatic carbocycles. The minimum absolute atomic E-state index is 0.0160. The van der Waals surface area contributed by atoms with E-state index in [0.717, 1.165) is 0 Å². The fourth-order valence-electron chi connectivity index (χ4n) is 3.13. The molecule has 0 heterocycles. The Balaban J connectivity index is 1.90. The first kappa shape index (κ1) is 14.8. The Morgan fingerprint density at radius 1 is 1.00 bits per heavy atom. The predicted molar refractivity (Wildman–Crippen MR) is 91.5 cm³/mol. The molecule has 0 N–H and O–H groups in total. The number of carbonyl (C=O) groups excluding carboxylic acids is 1. The Labute approximate surface area is 132 Å². The largest absolute Gasteiger partial charge is 0.289 e. The zero-order chi connectivity index (χ0) is 15.7. The maximum Gasteiger partial charge on any atom is 0.185 e. The Morgan fingerprint density at radius 3 is 1.91 bits per heavy atom. The van der Waals surface area contributed by atoms with Gasteiger partial charge >= 0.3 is 0 Å². The molecule has 0 aliphatic heterocycles. The van der Waals surface area contributed by atoms with Gasteiger partial charge in [0.15, 0.2) is 5.78 Å². The van der Waals surface area contributed by atoms with Gasteiger partial charge < -0.3 is 0 Å². The number of hydrogen-bond acceptors (Lipinski definition) is 1. The Bertz CT molecular complexity index is 686. The lowest BCUT2D eigenvalue weighted by atomic mass is 9.86. The van der Waals surface area contributed by atoms with E-state index < -0.39 is 0 Å². The van der Waals surface area contributed by atoms with E-state index in [-0.39, 0.29) is 11.2 Å². The second-order valence-corrected chi connectivity index (χ2v) is 6.50. The zero-order valence-corrected chi connectivity index (χ0v) is 13.3. The summed E-state index contributed by atoms with van der Waals surface area (Å²) in [5, 5.41) is 0. The van der Waals surface area contributed by atoms with E-state index >= 15 is 0 Å². The molecule has 112 valence electrons. The van der Waals surface area contributed by atoms with Crippen LogP contribution in [0.3, 0.4) is 0 Å². The number of benzene rings is 2. The fourth-order valence-corrected chi connectivity index (χ4v) is 3.13. The molecule has 1 nitrogen and oxygen atoms in total. The monoisotopic (exact) mass is 290 g/mol. The summed E-state index contributed by atoms with van der Waals surface area (Å²) < 4.78 is 0. The first-order valence-electron chi connectivity index (χ1n) is 7.94. The van der Waals surface area contributed by atoms with Gasteiger partial charge in [-0.15, -0.1) is 0 Å². The van der Waals surface area contributed by atoms with Gasteiger partial charge in [-0.3, -0.25) is 4.79 Å². The number of hydrogen-bond donors (Lipinski definition) is 0. The molecular weight excluding hydrogens is 268 g/mol. The average Bonchev–Trinajstić information content (AvgIpc) is 3.36. The van der Waals surface area contributed by atoms with Crippen LogP contribution in [0.2, 0.25) is 0 Å². The van der Waals surface area contributed by atoms with Crippen molar-refractivity contribution in [2.45, 2.75) is 38.0 Å². The van der Waals surface area contributed by atoms with Gasteiger partial charge in [-0.05, 0) is 41.5 Å². The smallest absolute Gasteiger partial charge is 0.185 e. The van der Waals surface area contributed by atoms with E-state index in [1.165, 1.54) is 35.6 Å². The summed E-state index contributed by atoms with van der Waals surface area (Å²) in [5.41, 5.74) is 4.95. The van der Waals surface area contributed by atoms with E-state index in [9.17, 15) is 4.79 Å². The Kier molecular flexibility index (Phi) is 3.74. The van der Waals surface area contributed by atoms with Crippen LogP contribution in [0.15, 0.2) is 61.2 Å². The maximum atomic E-state index is 11.6. The fraction of sp³-hybridized carbons (Fsp3) is 0.286. The Morgan fingerprint density at radius 2 is 1.50 bits per heavy atom. The van der Waals surface area contributed by atoms with Crippen molar-refractivity contribution < 1.29 is 4.79 Å². The third-order valence-corrected chi connectivity index (χ3v) is 4.79. The van der Waals surface area contributed by atoms with Gasteiger partial charge in [0.05, 0.1) is 0 Å². The van der Waals surface area contributed by atoms with Gasteiger partial charge in [-0.25, -0.2) is 0 Å². The number of allylic oxidation sites excluding steroid dienone is 1. The molecule has 1 aliphatic rings. The molecule has 0 spiro atoms. The summed E-state index contributed by atoms with van der Waals surface area (Å²) in [4.78, 5) is 11.6. The summed E-state index contributed by atoms with van der Waals surface area (Å²) in [6, 6.07) is 17.1.